The smallest absolute Gasteiger partial charge is 0.175 e. The number of halogens is 1. The first-order chi connectivity index (χ1) is 15.2. The molecule has 1 saturated heterocycles. The summed E-state index contributed by atoms with van der Waals surface area (Å²) < 4.78 is 25.2. The van der Waals surface area contributed by atoms with Crippen molar-refractivity contribution in [3.8, 4) is 27.8 Å². The molecule has 6 rings (SSSR count). The second kappa shape index (κ2) is 6.82. The molecule has 0 amide bonds. The van der Waals surface area contributed by atoms with Gasteiger partial charge >= 0.3 is 0 Å². The highest BCUT2D eigenvalue weighted by atomic mass is 32.1. The summed E-state index contributed by atoms with van der Waals surface area (Å²) in [6.07, 6.45) is 5.39. The number of hydrogen-bond donors (Lipinski definition) is 0. The summed E-state index contributed by atoms with van der Waals surface area (Å²) in [4.78, 5) is 16.6. The summed E-state index contributed by atoms with van der Waals surface area (Å²) in [5.74, 6) is 1.69. The summed E-state index contributed by atoms with van der Waals surface area (Å²) in [5, 5.41) is 12.7. The first-order valence-corrected chi connectivity index (χ1v) is 10.6. The van der Waals surface area contributed by atoms with E-state index in [0.29, 0.717) is 41.8 Å². The fraction of sp³-hybridized carbons (Fsp3) is 0.316. The average Bonchev–Trinajstić information content (AvgIpc) is 3.50. The Kier molecular flexibility index (Phi) is 4.05. The number of hydrogen-bond acceptors (Lipinski definition) is 10. The molecule has 0 radical (unpaired) electrons. The van der Waals surface area contributed by atoms with E-state index in [-0.39, 0.29) is 0 Å². The molecule has 0 unspecified atom stereocenters. The molecule has 0 spiro atoms. The van der Waals surface area contributed by atoms with Gasteiger partial charge < -0.3 is 9.64 Å². The molecular formula is C19H16FN9OS. The molecule has 0 saturated carbocycles. The highest BCUT2D eigenvalue weighted by Gasteiger charge is 2.49. The molecule has 6 heterocycles. The molecular weight excluding hydrogens is 421 g/mol. The molecule has 2 aliphatic rings. The van der Waals surface area contributed by atoms with Gasteiger partial charge in [-0.2, -0.15) is 0 Å². The first kappa shape index (κ1) is 18.4. The van der Waals surface area contributed by atoms with Crippen LogP contribution in [0.25, 0.3) is 27.8 Å². The molecule has 10 nitrogen and oxygen atoms in total. The van der Waals surface area contributed by atoms with E-state index in [4.69, 9.17) is 9.72 Å². The number of fused-ring (bicyclic) bond motifs is 6. The normalized spacial score (nSPS) is 19.6. The highest BCUT2D eigenvalue weighted by Crippen LogP contribution is 2.44. The van der Waals surface area contributed by atoms with Crippen LogP contribution < -0.4 is 4.90 Å². The zero-order valence-electron chi connectivity index (χ0n) is 16.4. The minimum atomic E-state index is -0.444. The van der Waals surface area contributed by atoms with Gasteiger partial charge in [0.2, 0.25) is 0 Å². The van der Waals surface area contributed by atoms with Crippen LogP contribution in [0.1, 0.15) is 19.2 Å². The Balaban J connectivity index is 1.52. The predicted octanol–water partition coefficient (Wildman–Crippen LogP) is 2.23. The van der Waals surface area contributed by atoms with Gasteiger partial charge in [-0.3, -0.25) is 9.55 Å². The highest BCUT2D eigenvalue weighted by molar-refractivity contribution is 7.09. The quantitative estimate of drug-likeness (QED) is 0.477. The molecule has 2 aliphatic heterocycles. The predicted molar refractivity (Wildman–Crippen MR) is 109 cm³/mol. The maximum absolute atomic E-state index is 13.3. The van der Waals surface area contributed by atoms with Crippen molar-refractivity contribution in [2.75, 3.05) is 24.7 Å². The lowest BCUT2D eigenvalue weighted by atomic mass is 9.90. The molecule has 1 atom stereocenters. The summed E-state index contributed by atoms with van der Waals surface area (Å²) >= 11 is 1.18. The lowest BCUT2D eigenvalue weighted by Gasteiger charge is -2.49. The molecule has 156 valence electrons. The Bertz CT molecular complexity index is 1270. The van der Waals surface area contributed by atoms with Gasteiger partial charge in [-0.15, -0.1) is 15.3 Å². The van der Waals surface area contributed by atoms with Crippen LogP contribution in [0, 0.1) is 5.82 Å². The van der Waals surface area contributed by atoms with Gasteiger partial charge in [-0.25, -0.2) is 14.4 Å². The van der Waals surface area contributed by atoms with Crippen LogP contribution in [0.15, 0.2) is 30.9 Å². The van der Waals surface area contributed by atoms with Gasteiger partial charge in [0.1, 0.15) is 33.9 Å². The molecule has 4 aromatic rings. The first-order valence-electron chi connectivity index (χ1n) is 9.79. The number of pyridine rings is 1. The van der Waals surface area contributed by atoms with Crippen LogP contribution in [-0.2, 0) is 10.3 Å². The van der Waals surface area contributed by atoms with Crippen molar-refractivity contribution >= 4 is 17.4 Å². The summed E-state index contributed by atoms with van der Waals surface area (Å²) in [6, 6.07) is 2.91. The summed E-state index contributed by atoms with van der Waals surface area (Å²) in [6.45, 7) is 3.89. The van der Waals surface area contributed by atoms with Gasteiger partial charge in [0.25, 0.3) is 0 Å². The standard InChI is InChI=1S/C19H16FN9OS/c1-2-19-9-30-6-5-29(19)17-13(28-10-23-26-18(19)28)8-22-16(24-17)15-14(25-27-31-15)12-4-3-11(20)7-21-12/h3-4,7-8,10H,2,5-6,9H2,1H3/t19-/m0/s1. The Labute approximate surface area is 179 Å². The number of aromatic nitrogens is 8. The number of anilines is 1. The Morgan fingerprint density at radius 3 is 3.00 bits per heavy atom. The third kappa shape index (κ3) is 2.61. The maximum atomic E-state index is 13.3. The SMILES string of the molecule is CC[C@@]12COCCN1c1nc(-c3snnc3-c3ccc(F)cn3)ncc1-n1cnnc12. The molecule has 12 heteroatoms. The fourth-order valence-corrected chi connectivity index (χ4v) is 4.84. The van der Waals surface area contributed by atoms with E-state index in [0.717, 1.165) is 29.9 Å². The number of ether oxygens (including phenoxy) is 1. The van der Waals surface area contributed by atoms with Crippen LogP contribution >= 0.6 is 11.5 Å². The molecule has 0 aliphatic carbocycles. The lowest BCUT2D eigenvalue weighted by Crippen LogP contribution is -2.58. The molecule has 0 aromatic carbocycles. The van der Waals surface area contributed by atoms with Gasteiger partial charge in [0.05, 0.1) is 31.3 Å². The second-order valence-corrected chi connectivity index (χ2v) is 8.08. The van der Waals surface area contributed by atoms with Gasteiger partial charge in [-0.1, -0.05) is 11.4 Å². The fourth-order valence-electron chi connectivity index (χ4n) is 4.23. The molecule has 1 fully saturated rings. The number of nitrogens with zero attached hydrogens (tertiary/aromatic N) is 9. The van der Waals surface area contributed by atoms with Gasteiger partial charge in [-0.05, 0) is 30.1 Å². The summed E-state index contributed by atoms with van der Waals surface area (Å²) in [5.41, 5.74) is 1.41. The summed E-state index contributed by atoms with van der Waals surface area (Å²) in [7, 11) is 0. The van der Waals surface area contributed by atoms with Crippen molar-refractivity contribution in [2.24, 2.45) is 0 Å². The number of morpholine rings is 1. The van der Waals surface area contributed by atoms with E-state index >= 15 is 0 Å². The Morgan fingerprint density at radius 1 is 1.23 bits per heavy atom. The Morgan fingerprint density at radius 2 is 2.16 bits per heavy atom. The van der Waals surface area contributed by atoms with Gasteiger partial charge in [0, 0.05) is 6.54 Å². The minimum absolute atomic E-state index is 0.411. The molecule has 31 heavy (non-hydrogen) atoms. The van der Waals surface area contributed by atoms with Crippen LogP contribution in [0.4, 0.5) is 10.2 Å². The van der Waals surface area contributed by atoms with E-state index in [1.54, 1.807) is 18.6 Å². The van der Waals surface area contributed by atoms with Crippen molar-refractivity contribution in [1.82, 2.24) is 39.3 Å². The van der Waals surface area contributed by atoms with Crippen molar-refractivity contribution in [2.45, 2.75) is 18.9 Å². The zero-order valence-corrected chi connectivity index (χ0v) is 17.3. The monoisotopic (exact) mass is 437 g/mol. The van der Waals surface area contributed by atoms with Crippen molar-refractivity contribution in [3.05, 3.63) is 42.5 Å². The van der Waals surface area contributed by atoms with E-state index in [2.05, 4.69) is 41.6 Å². The van der Waals surface area contributed by atoms with E-state index in [1.165, 1.54) is 17.6 Å². The topological polar surface area (TPSA) is 108 Å². The lowest BCUT2D eigenvalue weighted by molar-refractivity contribution is 0.0391. The zero-order chi connectivity index (χ0) is 21.0. The van der Waals surface area contributed by atoms with Crippen LogP contribution in [0.2, 0.25) is 0 Å². The van der Waals surface area contributed by atoms with Crippen LogP contribution in [0.5, 0.6) is 0 Å². The minimum Gasteiger partial charge on any atom is -0.377 e. The molecule has 0 N–H and O–H groups in total. The second-order valence-electron chi connectivity index (χ2n) is 7.33. The Hall–Kier alpha value is -3.38. The largest absolute Gasteiger partial charge is 0.377 e. The third-order valence-electron chi connectivity index (χ3n) is 5.79. The van der Waals surface area contributed by atoms with Gasteiger partial charge in [0.15, 0.2) is 17.5 Å². The van der Waals surface area contributed by atoms with Crippen molar-refractivity contribution in [1.29, 1.82) is 0 Å². The van der Waals surface area contributed by atoms with E-state index in [1.807, 2.05) is 4.57 Å². The van der Waals surface area contributed by atoms with E-state index < -0.39 is 11.4 Å². The maximum Gasteiger partial charge on any atom is 0.175 e. The average molecular weight is 437 g/mol. The number of rotatable bonds is 3. The van der Waals surface area contributed by atoms with E-state index in [9.17, 15) is 4.39 Å². The van der Waals surface area contributed by atoms with Crippen molar-refractivity contribution < 1.29 is 9.13 Å². The van der Waals surface area contributed by atoms with Crippen LogP contribution in [0.3, 0.4) is 0 Å². The third-order valence-corrected chi connectivity index (χ3v) is 6.51. The van der Waals surface area contributed by atoms with Crippen LogP contribution in [-0.4, -0.2) is 59.1 Å². The van der Waals surface area contributed by atoms with Crippen molar-refractivity contribution in [3.63, 3.8) is 0 Å². The molecule has 4 aromatic heterocycles. The molecule has 0 bridgehead atoms.